The van der Waals surface area contributed by atoms with E-state index >= 15 is 0 Å². The summed E-state index contributed by atoms with van der Waals surface area (Å²) >= 11 is 0. The van der Waals surface area contributed by atoms with Gasteiger partial charge in [0.25, 0.3) is 5.91 Å². The zero-order valence-electron chi connectivity index (χ0n) is 12.5. The van der Waals surface area contributed by atoms with Gasteiger partial charge >= 0.3 is 0 Å². The van der Waals surface area contributed by atoms with Gasteiger partial charge in [0.15, 0.2) is 5.69 Å². The summed E-state index contributed by atoms with van der Waals surface area (Å²) in [4.78, 5) is 16.4. The topological polar surface area (TPSA) is 99.0 Å². The van der Waals surface area contributed by atoms with Crippen LogP contribution in [0, 0.1) is 6.92 Å². The zero-order valence-corrected chi connectivity index (χ0v) is 13.3. The molecule has 0 saturated heterocycles. The third kappa shape index (κ3) is 3.83. The number of carbonyl (C=O) groups excluding carboxylic acids is 1. The van der Waals surface area contributed by atoms with Gasteiger partial charge in [0.05, 0.1) is 11.8 Å². The molecule has 0 atom stereocenters. The number of hydrogen-bond donors (Lipinski definition) is 2. The van der Waals surface area contributed by atoms with E-state index in [1.54, 1.807) is 31.0 Å². The Labute approximate surface area is 129 Å². The van der Waals surface area contributed by atoms with Gasteiger partial charge in [0.1, 0.15) is 5.76 Å². The van der Waals surface area contributed by atoms with E-state index in [1.165, 1.54) is 0 Å². The van der Waals surface area contributed by atoms with Crippen molar-refractivity contribution in [1.82, 2.24) is 20.1 Å². The largest absolute Gasteiger partial charge is 0.440 e. The molecule has 0 aliphatic rings. The number of halogens is 1. The molecule has 0 aliphatic carbocycles. The molecule has 0 bridgehead atoms. The lowest BCUT2D eigenvalue weighted by Crippen LogP contribution is -2.49. The van der Waals surface area contributed by atoms with Crippen LogP contribution in [0.4, 0.5) is 0 Å². The van der Waals surface area contributed by atoms with Crippen LogP contribution in [0.5, 0.6) is 0 Å². The molecule has 3 N–H and O–H groups in total. The minimum Gasteiger partial charge on any atom is -0.440 e. The SMILES string of the molecule is Cc1oc(-c2cnn(C)c2)nc1C(=O)NC(C)(C)CN.Cl. The van der Waals surface area contributed by atoms with Crippen molar-refractivity contribution in [3.8, 4) is 11.5 Å². The molecule has 116 valence electrons. The summed E-state index contributed by atoms with van der Waals surface area (Å²) in [6, 6.07) is 0. The molecule has 1 amide bonds. The Bertz CT molecular complexity index is 632. The van der Waals surface area contributed by atoms with Crippen molar-refractivity contribution < 1.29 is 9.21 Å². The molecule has 8 heteroatoms. The average Bonchev–Trinajstić information content (AvgIpc) is 2.95. The first-order valence-corrected chi connectivity index (χ1v) is 6.31. The van der Waals surface area contributed by atoms with E-state index in [9.17, 15) is 4.79 Å². The molecule has 0 unspecified atom stereocenters. The highest BCUT2D eigenvalue weighted by Gasteiger charge is 2.24. The molecule has 0 saturated carbocycles. The quantitative estimate of drug-likeness (QED) is 0.885. The van der Waals surface area contributed by atoms with E-state index < -0.39 is 5.54 Å². The maximum Gasteiger partial charge on any atom is 0.273 e. The second kappa shape index (κ2) is 6.28. The van der Waals surface area contributed by atoms with Crippen molar-refractivity contribution in [2.45, 2.75) is 26.3 Å². The van der Waals surface area contributed by atoms with Crippen LogP contribution in [-0.4, -0.2) is 32.8 Å². The lowest BCUT2D eigenvalue weighted by molar-refractivity contribution is 0.0909. The Morgan fingerprint density at radius 3 is 2.71 bits per heavy atom. The van der Waals surface area contributed by atoms with Gasteiger partial charge in [-0.3, -0.25) is 9.48 Å². The van der Waals surface area contributed by atoms with Gasteiger partial charge < -0.3 is 15.5 Å². The highest BCUT2D eigenvalue weighted by molar-refractivity contribution is 5.94. The Balaban J connectivity index is 0.00000220. The van der Waals surface area contributed by atoms with Crippen molar-refractivity contribution in [1.29, 1.82) is 0 Å². The Morgan fingerprint density at radius 1 is 1.52 bits per heavy atom. The van der Waals surface area contributed by atoms with Crippen LogP contribution < -0.4 is 11.1 Å². The van der Waals surface area contributed by atoms with Crippen LogP contribution in [-0.2, 0) is 7.05 Å². The maximum absolute atomic E-state index is 12.2. The van der Waals surface area contributed by atoms with Gasteiger partial charge in [-0.2, -0.15) is 5.10 Å². The molecule has 0 radical (unpaired) electrons. The van der Waals surface area contributed by atoms with E-state index in [0.29, 0.717) is 18.2 Å². The Kier molecular flexibility index (Phi) is 5.14. The van der Waals surface area contributed by atoms with Gasteiger partial charge in [-0.15, -0.1) is 12.4 Å². The average molecular weight is 314 g/mol. The summed E-state index contributed by atoms with van der Waals surface area (Å²) in [5.41, 5.74) is 6.11. The van der Waals surface area contributed by atoms with Gasteiger partial charge in [0.2, 0.25) is 5.89 Å². The Hall–Kier alpha value is -1.86. The smallest absolute Gasteiger partial charge is 0.273 e. The van der Waals surface area contributed by atoms with E-state index in [-0.39, 0.29) is 24.0 Å². The summed E-state index contributed by atoms with van der Waals surface area (Å²) < 4.78 is 7.17. The standard InChI is InChI=1S/C13H19N5O2.ClH/c1-8-10(11(19)17-13(2,3)7-14)16-12(20-8)9-5-15-18(4)6-9;/h5-6H,7,14H2,1-4H3,(H,17,19);1H. The summed E-state index contributed by atoms with van der Waals surface area (Å²) in [7, 11) is 1.80. The number of nitrogens with one attached hydrogen (secondary N) is 1. The van der Waals surface area contributed by atoms with E-state index in [4.69, 9.17) is 10.2 Å². The second-order valence-electron chi connectivity index (χ2n) is 5.37. The highest BCUT2D eigenvalue weighted by Crippen LogP contribution is 2.21. The van der Waals surface area contributed by atoms with Crippen LogP contribution >= 0.6 is 12.4 Å². The minimum absolute atomic E-state index is 0. The third-order valence-corrected chi connectivity index (χ3v) is 2.93. The number of rotatable bonds is 4. The molecular formula is C13H20ClN5O2. The normalized spacial score (nSPS) is 11.1. The number of amides is 1. The summed E-state index contributed by atoms with van der Waals surface area (Å²) in [5.74, 6) is 0.553. The van der Waals surface area contributed by atoms with Crippen molar-refractivity contribution in [2.75, 3.05) is 6.54 Å². The fraction of sp³-hybridized carbons (Fsp3) is 0.462. The molecule has 0 fully saturated rings. The molecule has 21 heavy (non-hydrogen) atoms. The predicted molar refractivity (Wildman–Crippen MR) is 81.3 cm³/mol. The van der Waals surface area contributed by atoms with Crippen LogP contribution in [0.15, 0.2) is 16.8 Å². The molecule has 2 aromatic heterocycles. The number of nitrogens with two attached hydrogens (primary N) is 1. The lowest BCUT2D eigenvalue weighted by Gasteiger charge is -2.23. The molecule has 7 nitrogen and oxygen atoms in total. The van der Waals surface area contributed by atoms with Gasteiger partial charge in [0, 0.05) is 25.3 Å². The lowest BCUT2D eigenvalue weighted by atomic mass is 10.1. The molecule has 2 heterocycles. The molecule has 2 rings (SSSR count). The first-order valence-electron chi connectivity index (χ1n) is 6.31. The maximum atomic E-state index is 12.2. The molecule has 0 aromatic carbocycles. The molecule has 2 aromatic rings. The zero-order chi connectivity index (χ0) is 14.9. The van der Waals surface area contributed by atoms with Crippen LogP contribution in [0.3, 0.4) is 0 Å². The third-order valence-electron chi connectivity index (χ3n) is 2.93. The van der Waals surface area contributed by atoms with Gasteiger partial charge in [-0.05, 0) is 20.8 Å². The van der Waals surface area contributed by atoms with Crippen molar-refractivity contribution in [3.63, 3.8) is 0 Å². The van der Waals surface area contributed by atoms with Crippen molar-refractivity contribution in [2.24, 2.45) is 12.8 Å². The van der Waals surface area contributed by atoms with Crippen LogP contribution in [0.1, 0.15) is 30.1 Å². The summed E-state index contributed by atoms with van der Waals surface area (Å²) in [6.07, 6.45) is 3.41. The van der Waals surface area contributed by atoms with E-state index in [1.807, 2.05) is 13.8 Å². The number of aryl methyl sites for hydroxylation is 2. The van der Waals surface area contributed by atoms with Gasteiger partial charge in [-0.1, -0.05) is 0 Å². The fourth-order valence-electron chi connectivity index (χ4n) is 1.68. The van der Waals surface area contributed by atoms with Crippen molar-refractivity contribution in [3.05, 3.63) is 23.8 Å². The first kappa shape index (κ1) is 17.2. The van der Waals surface area contributed by atoms with Crippen LogP contribution in [0.2, 0.25) is 0 Å². The number of hydrogen-bond acceptors (Lipinski definition) is 5. The minimum atomic E-state index is -0.489. The van der Waals surface area contributed by atoms with E-state index in [2.05, 4.69) is 15.4 Å². The van der Waals surface area contributed by atoms with Crippen LogP contribution in [0.25, 0.3) is 11.5 Å². The van der Waals surface area contributed by atoms with Gasteiger partial charge in [-0.25, -0.2) is 4.98 Å². The summed E-state index contributed by atoms with van der Waals surface area (Å²) in [5, 5.41) is 6.87. The summed E-state index contributed by atoms with van der Waals surface area (Å²) in [6.45, 7) is 5.74. The number of nitrogens with zero attached hydrogens (tertiary/aromatic N) is 3. The monoisotopic (exact) mass is 313 g/mol. The number of oxazole rings is 1. The first-order chi connectivity index (χ1) is 9.32. The molecular weight excluding hydrogens is 294 g/mol. The predicted octanol–water partition coefficient (Wildman–Crippen LogP) is 1.27. The Morgan fingerprint density at radius 2 is 2.19 bits per heavy atom. The molecule has 0 spiro atoms. The molecule has 0 aliphatic heterocycles. The van der Waals surface area contributed by atoms with Crippen molar-refractivity contribution >= 4 is 18.3 Å². The fourth-order valence-corrected chi connectivity index (χ4v) is 1.68. The second-order valence-corrected chi connectivity index (χ2v) is 5.37. The number of aromatic nitrogens is 3. The highest BCUT2D eigenvalue weighted by atomic mass is 35.5. The van der Waals surface area contributed by atoms with E-state index in [0.717, 1.165) is 5.56 Å². The number of carbonyl (C=O) groups is 1.